The number of hydrogen-bond donors (Lipinski definition) is 1. The van der Waals surface area contributed by atoms with Gasteiger partial charge in [-0.3, -0.25) is 0 Å². The van der Waals surface area contributed by atoms with Crippen LogP contribution in [0.5, 0.6) is 0 Å². The molecule has 0 bridgehead atoms. The van der Waals surface area contributed by atoms with Gasteiger partial charge in [0.05, 0.1) is 0 Å². The Morgan fingerprint density at radius 1 is 0.633 bits per heavy atom. The van der Waals surface area contributed by atoms with Crippen LogP contribution < -0.4 is 5.32 Å². The van der Waals surface area contributed by atoms with Crippen molar-refractivity contribution in [2.75, 3.05) is 5.32 Å². The Balaban J connectivity index is 0. The van der Waals surface area contributed by atoms with Crippen molar-refractivity contribution in [3.05, 3.63) is 65.2 Å². The summed E-state index contributed by atoms with van der Waals surface area (Å²) in [5, 5.41) is 3.42. The molecular weight excluding hydrogens is 362 g/mol. The van der Waals surface area contributed by atoms with E-state index in [1.54, 1.807) is 0 Å². The molecule has 1 aliphatic carbocycles. The van der Waals surface area contributed by atoms with E-state index in [2.05, 4.69) is 108 Å². The molecule has 168 valence electrons. The van der Waals surface area contributed by atoms with E-state index in [0.717, 1.165) is 0 Å². The first-order valence-electron chi connectivity index (χ1n) is 11.5. The first kappa shape index (κ1) is 30.0. The van der Waals surface area contributed by atoms with Crippen molar-refractivity contribution in [2.24, 2.45) is 0 Å². The third-order valence-corrected chi connectivity index (χ3v) is 4.26. The van der Waals surface area contributed by atoms with Crippen LogP contribution in [0.1, 0.15) is 89.8 Å². The van der Waals surface area contributed by atoms with E-state index in [1.807, 2.05) is 13.8 Å². The number of rotatable bonds is 1. The average Bonchev–Trinajstić information content (AvgIpc) is 2.74. The van der Waals surface area contributed by atoms with E-state index in [0.29, 0.717) is 0 Å². The van der Waals surface area contributed by atoms with Gasteiger partial charge in [-0.15, -0.1) is 12.8 Å². The van der Waals surface area contributed by atoms with E-state index >= 15 is 0 Å². The summed E-state index contributed by atoms with van der Waals surface area (Å²) in [6.07, 6.45) is 17.0. The van der Waals surface area contributed by atoms with E-state index in [4.69, 9.17) is 0 Å². The zero-order valence-electron chi connectivity index (χ0n) is 21.0. The topological polar surface area (TPSA) is 12.0 Å². The summed E-state index contributed by atoms with van der Waals surface area (Å²) in [5.41, 5.74) is 5.30. The standard InChI is InChI=1S/C11H17N.C8H10.C6H12.C2H6.C2H2/c1-9-6-5-7-10(8-9)12-11(2,3)4;1-7-3-5-8(2)6-4-7;1-2-4-6-5-3-1;2*1-2/h5-8,12H,1-4H3;3-6H,1-2H3;1-6H2;1-2H3;1-2H. The van der Waals surface area contributed by atoms with Gasteiger partial charge in [-0.25, -0.2) is 0 Å². The molecule has 1 saturated carbocycles. The van der Waals surface area contributed by atoms with Crippen molar-refractivity contribution < 1.29 is 0 Å². The Labute approximate surface area is 188 Å². The molecule has 0 unspecified atom stereocenters. The number of benzene rings is 2. The maximum atomic E-state index is 4.00. The Morgan fingerprint density at radius 3 is 1.30 bits per heavy atom. The van der Waals surface area contributed by atoms with Crippen LogP contribution in [0, 0.1) is 33.6 Å². The van der Waals surface area contributed by atoms with Crippen molar-refractivity contribution in [1.29, 1.82) is 0 Å². The zero-order chi connectivity index (χ0) is 23.4. The summed E-state index contributed by atoms with van der Waals surface area (Å²) in [5.74, 6) is 0. The second-order valence-electron chi connectivity index (χ2n) is 8.52. The molecule has 30 heavy (non-hydrogen) atoms. The average molecular weight is 410 g/mol. The highest BCUT2D eigenvalue weighted by atomic mass is 14.9. The van der Waals surface area contributed by atoms with Gasteiger partial charge in [0, 0.05) is 11.2 Å². The van der Waals surface area contributed by atoms with Gasteiger partial charge in [0.1, 0.15) is 0 Å². The minimum atomic E-state index is 0.147. The van der Waals surface area contributed by atoms with Crippen LogP contribution in [-0.2, 0) is 0 Å². The Morgan fingerprint density at radius 2 is 1.00 bits per heavy atom. The summed E-state index contributed by atoms with van der Waals surface area (Å²) >= 11 is 0. The number of anilines is 1. The molecule has 1 N–H and O–H groups in total. The van der Waals surface area contributed by atoms with Crippen LogP contribution in [0.2, 0.25) is 0 Å². The van der Waals surface area contributed by atoms with Crippen molar-refractivity contribution in [2.45, 2.75) is 99.5 Å². The van der Waals surface area contributed by atoms with Crippen molar-refractivity contribution >= 4 is 5.69 Å². The lowest BCUT2D eigenvalue weighted by Gasteiger charge is -2.22. The molecule has 2 aromatic carbocycles. The van der Waals surface area contributed by atoms with E-state index in [-0.39, 0.29) is 5.54 Å². The van der Waals surface area contributed by atoms with Crippen LogP contribution in [-0.4, -0.2) is 5.54 Å². The molecule has 0 saturated heterocycles. The van der Waals surface area contributed by atoms with Gasteiger partial charge in [0.15, 0.2) is 0 Å². The fraction of sp³-hybridized carbons (Fsp3) is 0.517. The van der Waals surface area contributed by atoms with Crippen molar-refractivity contribution in [1.82, 2.24) is 0 Å². The predicted molar refractivity (Wildman–Crippen MR) is 139 cm³/mol. The summed E-state index contributed by atoms with van der Waals surface area (Å²) in [4.78, 5) is 0. The molecule has 0 aromatic heterocycles. The van der Waals surface area contributed by atoms with Gasteiger partial charge in [-0.1, -0.05) is 99.9 Å². The first-order chi connectivity index (χ1) is 14.3. The van der Waals surface area contributed by atoms with Crippen LogP contribution in [0.4, 0.5) is 5.69 Å². The Hall–Kier alpha value is -2.20. The van der Waals surface area contributed by atoms with E-state index in [9.17, 15) is 0 Å². The second kappa shape index (κ2) is 18.8. The molecule has 3 rings (SSSR count). The fourth-order valence-electron chi connectivity index (χ4n) is 2.85. The predicted octanol–water partition coefficient (Wildman–Crippen LogP) is 9.13. The summed E-state index contributed by atoms with van der Waals surface area (Å²) < 4.78 is 0. The fourth-order valence-corrected chi connectivity index (χ4v) is 2.85. The summed E-state index contributed by atoms with van der Waals surface area (Å²) in [7, 11) is 0. The van der Waals surface area contributed by atoms with Crippen LogP contribution in [0.15, 0.2) is 48.5 Å². The van der Waals surface area contributed by atoms with Gasteiger partial charge in [0.2, 0.25) is 0 Å². The normalized spacial score (nSPS) is 12.1. The van der Waals surface area contributed by atoms with Gasteiger partial charge in [0.25, 0.3) is 0 Å². The second-order valence-corrected chi connectivity index (χ2v) is 8.52. The molecule has 0 amide bonds. The molecule has 1 aliphatic rings. The SMILES string of the molecule is C#C.C1CCCCC1.CC.Cc1ccc(C)cc1.Cc1cccc(NC(C)(C)C)c1. The minimum absolute atomic E-state index is 0.147. The lowest BCUT2D eigenvalue weighted by Crippen LogP contribution is -2.25. The zero-order valence-corrected chi connectivity index (χ0v) is 21.0. The molecule has 0 atom stereocenters. The van der Waals surface area contributed by atoms with Gasteiger partial charge >= 0.3 is 0 Å². The summed E-state index contributed by atoms with van der Waals surface area (Å²) in [6, 6.07) is 16.9. The van der Waals surface area contributed by atoms with E-state index < -0.39 is 0 Å². The Bertz CT molecular complexity index is 608. The molecule has 1 nitrogen and oxygen atoms in total. The smallest absolute Gasteiger partial charge is 0.0346 e. The highest BCUT2D eigenvalue weighted by molar-refractivity contribution is 5.47. The lowest BCUT2D eigenvalue weighted by atomic mass is 10.0. The van der Waals surface area contributed by atoms with Crippen molar-refractivity contribution in [3.8, 4) is 12.8 Å². The quantitative estimate of drug-likeness (QED) is 0.463. The third kappa shape index (κ3) is 19.1. The number of nitrogens with one attached hydrogen (secondary N) is 1. The third-order valence-electron chi connectivity index (χ3n) is 4.26. The van der Waals surface area contributed by atoms with Gasteiger partial charge in [-0.2, -0.15) is 0 Å². The van der Waals surface area contributed by atoms with Crippen molar-refractivity contribution in [3.63, 3.8) is 0 Å². The summed E-state index contributed by atoms with van der Waals surface area (Å²) in [6.45, 7) is 16.8. The highest BCUT2D eigenvalue weighted by Crippen LogP contribution is 2.16. The maximum absolute atomic E-state index is 4.00. The monoisotopic (exact) mass is 409 g/mol. The van der Waals surface area contributed by atoms with Crippen LogP contribution in [0.3, 0.4) is 0 Å². The molecule has 0 aliphatic heterocycles. The lowest BCUT2D eigenvalue weighted by molar-refractivity contribution is 0.504. The maximum Gasteiger partial charge on any atom is 0.0346 e. The van der Waals surface area contributed by atoms with Gasteiger partial charge < -0.3 is 5.32 Å². The van der Waals surface area contributed by atoms with Crippen LogP contribution in [0.25, 0.3) is 0 Å². The number of terminal acetylenes is 1. The highest BCUT2D eigenvalue weighted by Gasteiger charge is 2.08. The van der Waals surface area contributed by atoms with E-state index in [1.165, 1.54) is 60.9 Å². The molecule has 0 radical (unpaired) electrons. The molecule has 1 heteroatoms. The minimum Gasteiger partial charge on any atom is -0.380 e. The number of aryl methyl sites for hydroxylation is 3. The van der Waals surface area contributed by atoms with Crippen LogP contribution >= 0.6 is 0 Å². The Kier molecular flexibility index (Phi) is 18.8. The number of hydrogen-bond acceptors (Lipinski definition) is 1. The van der Waals surface area contributed by atoms with Gasteiger partial charge in [-0.05, 0) is 59.2 Å². The molecule has 2 aromatic rings. The largest absolute Gasteiger partial charge is 0.380 e. The first-order valence-corrected chi connectivity index (χ1v) is 11.5. The molecular formula is C29H47N. The molecule has 0 spiro atoms. The molecule has 1 fully saturated rings. The molecule has 0 heterocycles.